The predicted octanol–water partition coefficient (Wildman–Crippen LogP) is 3.00. The van der Waals surface area contributed by atoms with Gasteiger partial charge >= 0.3 is 6.18 Å². The molecule has 1 aromatic heterocycles. The van der Waals surface area contributed by atoms with Crippen LogP contribution in [-0.4, -0.2) is 14.9 Å². The highest BCUT2D eigenvalue weighted by Crippen LogP contribution is 2.31. The van der Waals surface area contributed by atoms with Crippen LogP contribution < -0.4 is 5.84 Å². The molecule has 0 bridgehead atoms. The van der Waals surface area contributed by atoms with E-state index in [1.54, 1.807) is 0 Å². The zero-order valence-corrected chi connectivity index (χ0v) is 11.4. The molecule has 2 rings (SSSR count). The minimum Gasteiger partial charge on any atom is -0.335 e. The van der Waals surface area contributed by atoms with Gasteiger partial charge in [-0.05, 0) is 0 Å². The summed E-state index contributed by atoms with van der Waals surface area (Å²) >= 11 is 0.217. The number of aromatic nitrogens is 3. The lowest BCUT2D eigenvalue weighted by atomic mass is 10.2. The van der Waals surface area contributed by atoms with Crippen molar-refractivity contribution in [2.24, 2.45) is 0 Å². The van der Waals surface area contributed by atoms with Crippen molar-refractivity contribution in [3.05, 3.63) is 40.5 Å². The van der Waals surface area contributed by atoms with Crippen LogP contribution in [0.1, 0.15) is 11.4 Å². The fourth-order valence-electron chi connectivity index (χ4n) is 1.48. The van der Waals surface area contributed by atoms with E-state index in [4.69, 9.17) is 5.84 Å². The molecule has 2 aromatic rings. The van der Waals surface area contributed by atoms with E-state index in [0.29, 0.717) is 0 Å². The molecule has 23 heavy (non-hydrogen) atoms. The highest BCUT2D eigenvalue weighted by Gasteiger charge is 2.38. The monoisotopic (exact) mass is 364 g/mol. The van der Waals surface area contributed by atoms with Gasteiger partial charge in [-0.25, -0.2) is 26.6 Å². The average Bonchev–Trinajstić information content (AvgIpc) is 2.84. The highest BCUT2D eigenvalue weighted by molar-refractivity contribution is 7.98. The van der Waals surface area contributed by atoms with Crippen molar-refractivity contribution in [2.45, 2.75) is 17.1 Å². The molecule has 0 aliphatic carbocycles. The average molecular weight is 364 g/mol. The Labute approximate surface area is 126 Å². The van der Waals surface area contributed by atoms with E-state index in [9.17, 15) is 35.1 Å². The van der Waals surface area contributed by atoms with Crippen LogP contribution in [-0.2, 0) is 11.9 Å². The lowest BCUT2D eigenvalue weighted by molar-refractivity contribution is -0.146. The van der Waals surface area contributed by atoms with Crippen LogP contribution in [0.15, 0.2) is 5.16 Å². The second-order valence-corrected chi connectivity index (χ2v) is 4.95. The van der Waals surface area contributed by atoms with Crippen molar-refractivity contribution in [2.75, 3.05) is 5.84 Å². The van der Waals surface area contributed by atoms with E-state index in [2.05, 4.69) is 10.2 Å². The fraction of sp³-hybridized carbons (Fsp3) is 0.200. The summed E-state index contributed by atoms with van der Waals surface area (Å²) in [6, 6.07) is 0. The summed E-state index contributed by atoms with van der Waals surface area (Å²) in [5.74, 6) is -8.26. The summed E-state index contributed by atoms with van der Waals surface area (Å²) in [5.41, 5.74) is -1.22. The molecule has 0 radical (unpaired) electrons. The zero-order valence-electron chi connectivity index (χ0n) is 10.6. The molecule has 0 atom stereocenters. The number of alkyl halides is 3. The quantitative estimate of drug-likeness (QED) is 0.299. The zero-order chi connectivity index (χ0) is 17.5. The molecule has 1 heterocycles. The number of benzene rings is 1. The van der Waals surface area contributed by atoms with Crippen LogP contribution in [0.5, 0.6) is 0 Å². The number of halogens is 8. The Bertz CT molecular complexity index is 727. The second-order valence-electron chi connectivity index (χ2n) is 4.01. The van der Waals surface area contributed by atoms with Crippen LogP contribution >= 0.6 is 11.8 Å². The van der Waals surface area contributed by atoms with E-state index >= 15 is 0 Å². The third-order valence-corrected chi connectivity index (χ3v) is 3.53. The molecular weight excluding hydrogens is 360 g/mol. The highest BCUT2D eigenvalue weighted by atomic mass is 32.2. The topological polar surface area (TPSA) is 56.7 Å². The Morgan fingerprint density at radius 2 is 1.35 bits per heavy atom. The molecule has 1 aromatic carbocycles. The summed E-state index contributed by atoms with van der Waals surface area (Å²) < 4.78 is 103. The molecule has 126 valence electrons. The second kappa shape index (κ2) is 5.86. The normalized spacial score (nSPS) is 12.0. The first kappa shape index (κ1) is 17.3. The third kappa shape index (κ3) is 3.04. The van der Waals surface area contributed by atoms with E-state index in [0.717, 1.165) is 0 Å². The number of nitrogens with zero attached hydrogens (tertiary/aromatic N) is 3. The number of nitrogens with two attached hydrogens (primary N) is 1. The van der Waals surface area contributed by atoms with Crippen molar-refractivity contribution >= 4 is 11.8 Å². The smallest absolute Gasteiger partial charge is 0.335 e. The van der Waals surface area contributed by atoms with Crippen LogP contribution in [0, 0.1) is 29.1 Å². The Hall–Kier alpha value is -2.05. The molecule has 0 fully saturated rings. The predicted molar refractivity (Wildman–Crippen MR) is 61.0 cm³/mol. The molecule has 0 aliphatic rings. The largest absolute Gasteiger partial charge is 0.453 e. The molecule has 2 N–H and O–H groups in total. The Morgan fingerprint density at radius 1 is 0.870 bits per heavy atom. The van der Waals surface area contributed by atoms with Crippen molar-refractivity contribution < 1.29 is 35.1 Å². The molecule has 0 spiro atoms. The van der Waals surface area contributed by atoms with Gasteiger partial charge in [-0.3, -0.25) is 0 Å². The molecule has 0 saturated heterocycles. The maximum atomic E-state index is 13.4. The van der Waals surface area contributed by atoms with Crippen LogP contribution in [0.4, 0.5) is 35.1 Å². The van der Waals surface area contributed by atoms with Crippen LogP contribution in [0.3, 0.4) is 0 Å². The van der Waals surface area contributed by atoms with Crippen molar-refractivity contribution in [3.8, 4) is 0 Å². The van der Waals surface area contributed by atoms with E-state index in [1.165, 1.54) is 0 Å². The lowest BCUT2D eigenvalue weighted by Crippen LogP contribution is -2.21. The Balaban J connectivity index is 2.31. The fourth-order valence-corrected chi connectivity index (χ4v) is 2.33. The van der Waals surface area contributed by atoms with Gasteiger partial charge in [0.15, 0.2) is 23.3 Å². The first-order chi connectivity index (χ1) is 10.6. The van der Waals surface area contributed by atoms with Gasteiger partial charge in [-0.2, -0.15) is 13.2 Å². The van der Waals surface area contributed by atoms with Gasteiger partial charge in [0.2, 0.25) is 11.0 Å². The van der Waals surface area contributed by atoms with Crippen molar-refractivity contribution in [3.63, 3.8) is 0 Å². The molecule has 0 unspecified atom stereocenters. The Morgan fingerprint density at radius 3 is 1.78 bits per heavy atom. The molecule has 4 nitrogen and oxygen atoms in total. The Kier molecular flexibility index (Phi) is 4.41. The van der Waals surface area contributed by atoms with Gasteiger partial charge in [0, 0.05) is 11.3 Å². The standard InChI is InChI=1S/C10H4F8N4S/c11-3-2(4(12)6(14)7(15)5(3)13)1-23-9-21-20-8(22(9)19)10(16,17)18/h1,19H2. The van der Waals surface area contributed by atoms with Crippen LogP contribution in [0.25, 0.3) is 0 Å². The summed E-state index contributed by atoms with van der Waals surface area (Å²) in [6.07, 6.45) is -4.93. The molecule has 13 heteroatoms. The summed E-state index contributed by atoms with van der Waals surface area (Å²) in [6.45, 7) is 0. The molecular formula is C10H4F8N4S. The van der Waals surface area contributed by atoms with Crippen molar-refractivity contribution in [1.82, 2.24) is 14.9 Å². The number of hydrogen-bond donors (Lipinski definition) is 1. The molecule has 0 saturated carbocycles. The third-order valence-electron chi connectivity index (χ3n) is 2.56. The maximum Gasteiger partial charge on any atom is 0.453 e. The van der Waals surface area contributed by atoms with Gasteiger partial charge in [-0.1, -0.05) is 11.8 Å². The minimum absolute atomic E-state index is 0.00326. The first-order valence-corrected chi connectivity index (χ1v) is 6.45. The van der Waals surface area contributed by atoms with E-state index in [1.807, 2.05) is 0 Å². The van der Waals surface area contributed by atoms with Gasteiger partial charge < -0.3 is 5.84 Å². The molecule has 0 aliphatic heterocycles. The van der Waals surface area contributed by atoms with Crippen LogP contribution in [0.2, 0.25) is 0 Å². The SMILES string of the molecule is Nn1c(SCc2c(F)c(F)c(F)c(F)c2F)nnc1C(F)(F)F. The van der Waals surface area contributed by atoms with Gasteiger partial charge in [-0.15, -0.1) is 10.2 Å². The number of nitrogen functional groups attached to an aromatic ring is 1. The number of hydrogen-bond acceptors (Lipinski definition) is 4. The number of rotatable bonds is 3. The van der Waals surface area contributed by atoms with Gasteiger partial charge in [0.25, 0.3) is 5.82 Å². The van der Waals surface area contributed by atoms with Crippen molar-refractivity contribution in [1.29, 1.82) is 0 Å². The van der Waals surface area contributed by atoms with Gasteiger partial charge in [0.05, 0.1) is 0 Å². The summed E-state index contributed by atoms with van der Waals surface area (Å²) in [7, 11) is 0. The summed E-state index contributed by atoms with van der Waals surface area (Å²) in [5, 5.41) is 5.16. The van der Waals surface area contributed by atoms with E-state index in [-0.39, 0.29) is 16.4 Å². The number of thioether (sulfide) groups is 1. The first-order valence-electron chi connectivity index (χ1n) is 5.46. The maximum absolute atomic E-state index is 13.4. The minimum atomic E-state index is -4.93. The van der Waals surface area contributed by atoms with E-state index < -0.39 is 57.6 Å². The lowest BCUT2D eigenvalue weighted by Gasteiger charge is -2.08. The van der Waals surface area contributed by atoms with Gasteiger partial charge in [0.1, 0.15) is 0 Å². The molecule has 0 amide bonds. The summed E-state index contributed by atoms with van der Waals surface area (Å²) in [4.78, 5) is 0.